The number of rotatable bonds is 9. The quantitative estimate of drug-likeness (QED) is 0.537. The number of aliphatic hydroxyl groups excluding tert-OH is 1. The molecule has 1 atom stereocenters. The summed E-state index contributed by atoms with van der Waals surface area (Å²) in [4.78, 5) is 14.2. The van der Waals surface area contributed by atoms with Crippen LogP contribution in [0.15, 0.2) is 0 Å². The lowest BCUT2D eigenvalue weighted by Gasteiger charge is -2.30. The summed E-state index contributed by atoms with van der Waals surface area (Å²) in [5.74, 6) is 2.65. The monoisotopic (exact) mass is 295 g/mol. The normalized spacial score (nSPS) is 18.7. The first-order valence-electron chi connectivity index (χ1n) is 7.94. The van der Waals surface area contributed by atoms with Crippen LogP contribution in [0.5, 0.6) is 0 Å². The van der Waals surface area contributed by atoms with Gasteiger partial charge < -0.3 is 15.7 Å². The lowest BCUT2D eigenvalue weighted by Crippen LogP contribution is -2.51. The fourth-order valence-corrected chi connectivity index (χ4v) is 2.78. The Bertz CT molecular complexity index is 355. The largest absolute Gasteiger partial charge is 0.395 e. The Hall–Kier alpha value is -1.09. The first-order valence-corrected chi connectivity index (χ1v) is 7.94. The molecule has 1 heterocycles. The molecular formula is C16H29N3O2. The zero-order chi connectivity index (χ0) is 15.7. The maximum atomic E-state index is 12.2. The highest BCUT2D eigenvalue weighted by molar-refractivity contribution is 5.79. The van der Waals surface area contributed by atoms with Crippen molar-refractivity contribution in [2.75, 3.05) is 32.8 Å². The lowest BCUT2D eigenvalue weighted by atomic mass is 9.94. The lowest BCUT2D eigenvalue weighted by molar-refractivity contribution is -0.123. The van der Waals surface area contributed by atoms with Gasteiger partial charge in [0.15, 0.2) is 0 Å². The van der Waals surface area contributed by atoms with Crippen LogP contribution in [0.4, 0.5) is 0 Å². The van der Waals surface area contributed by atoms with Gasteiger partial charge in [-0.15, -0.1) is 6.42 Å². The van der Waals surface area contributed by atoms with Crippen LogP contribution >= 0.6 is 0 Å². The van der Waals surface area contributed by atoms with Crippen LogP contribution in [-0.2, 0) is 4.79 Å². The molecule has 1 fully saturated rings. The molecular weight excluding hydrogens is 266 g/mol. The molecule has 3 N–H and O–H groups in total. The third-order valence-corrected chi connectivity index (χ3v) is 4.29. The van der Waals surface area contributed by atoms with Crippen molar-refractivity contribution in [1.82, 2.24) is 15.5 Å². The molecule has 0 saturated carbocycles. The number of hydrogen-bond acceptors (Lipinski definition) is 4. The smallest absolute Gasteiger partial charge is 0.235 e. The zero-order valence-electron chi connectivity index (χ0n) is 13.3. The van der Waals surface area contributed by atoms with E-state index in [0.29, 0.717) is 12.6 Å². The number of terminal acetylenes is 1. The van der Waals surface area contributed by atoms with Gasteiger partial charge >= 0.3 is 0 Å². The summed E-state index contributed by atoms with van der Waals surface area (Å²) < 4.78 is 0. The average molecular weight is 295 g/mol. The van der Waals surface area contributed by atoms with E-state index in [1.807, 2.05) is 18.7 Å². The van der Waals surface area contributed by atoms with Crippen LogP contribution in [0.3, 0.4) is 0 Å². The van der Waals surface area contributed by atoms with Crippen molar-refractivity contribution in [2.24, 2.45) is 0 Å². The molecule has 0 aliphatic carbocycles. The van der Waals surface area contributed by atoms with Crippen molar-refractivity contribution in [2.45, 2.75) is 51.1 Å². The molecule has 1 aliphatic rings. The second kappa shape index (κ2) is 9.04. The number of aliphatic hydroxyl groups is 1. The Morgan fingerprint density at radius 1 is 1.52 bits per heavy atom. The third-order valence-electron chi connectivity index (χ3n) is 4.29. The second-order valence-electron chi connectivity index (χ2n) is 5.73. The van der Waals surface area contributed by atoms with Gasteiger partial charge in [-0.2, -0.15) is 0 Å². The van der Waals surface area contributed by atoms with Crippen LogP contribution in [0.1, 0.15) is 39.5 Å². The van der Waals surface area contributed by atoms with E-state index in [1.165, 1.54) is 6.42 Å². The maximum absolute atomic E-state index is 12.2. The van der Waals surface area contributed by atoms with Gasteiger partial charge in [-0.1, -0.05) is 19.8 Å². The molecule has 0 spiro atoms. The van der Waals surface area contributed by atoms with E-state index in [0.717, 1.165) is 32.4 Å². The molecule has 0 aromatic carbocycles. The predicted molar refractivity (Wildman–Crippen MR) is 84.8 cm³/mol. The molecule has 0 aromatic heterocycles. The van der Waals surface area contributed by atoms with Crippen molar-refractivity contribution in [3.05, 3.63) is 0 Å². The van der Waals surface area contributed by atoms with E-state index in [2.05, 4.69) is 16.6 Å². The van der Waals surface area contributed by atoms with Gasteiger partial charge in [-0.25, -0.2) is 0 Å². The highest BCUT2D eigenvalue weighted by atomic mass is 16.3. The standard InChI is InChI=1S/C16H29N3O2/c1-4-16(5-2,6-3)18-15(21)13-19(10-11-20)12-14-8-7-9-17-14/h1,14,17,20H,5-13H2,2-3H3,(H,18,21). The molecule has 1 amide bonds. The summed E-state index contributed by atoms with van der Waals surface area (Å²) >= 11 is 0. The Kier molecular flexibility index (Phi) is 7.73. The number of hydrogen-bond donors (Lipinski definition) is 3. The highest BCUT2D eigenvalue weighted by Crippen LogP contribution is 2.13. The van der Waals surface area contributed by atoms with Gasteiger partial charge in [-0.3, -0.25) is 9.69 Å². The summed E-state index contributed by atoms with van der Waals surface area (Å²) in [6, 6.07) is 0.416. The highest BCUT2D eigenvalue weighted by Gasteiger charge is 2.26. The minimum atomic E-state index is -0.548. The fraction of sp³-hybridized carbons (Fsp3) is 0.812. The molecule has 120 valence electrons. The van der Waals surface area contributed by atoms with Gasteiger partial charge in [0.25, 0.3) is 0 Å². The number of carbonyl (C=O) groups is 1. The maximum Gasteiger partial charge on any atom is 0.235 e. The molecule has 1 unspecified atom stereocenters. The van der Waals surface area contributed by atoms with E-state index in [4.69, 9.17) is 11.5 Å². The van der Waals surface area contributed by atoms with E-state index < -0.39 is 5.54 Å². The van der Waals surface area contributed by atoms with Gasteiger partial charge in [0, 0.05) is 19.1 Å². The first-order chi connectivity index (χ1) is 10.1. The van der Waals surface area contributed by atoms with Gasteiger partial charge in [0.2, 0.25) is 5.91 Å². The molecule has 21 heavy (non-hydrogen) atoms. The number of amides is 1. The van der Waals surface area contributed by atoms with Gasteiger partial charge in [0.1, 0.15) is 5.54 Å². The van der Waals surface area contributed by atoms with Crippen molar-refractivity contribution in [1.29, 1.82) is 0 Å². The van der Waals surface area contributed by atoms with Crippen LogP contribution in [-0.4, -0.2) is 60.3 Å². The van der Waals surface area contributed by atoms with Crippen molar-refractivity contribution in [3.63, 3.8) is 0 Å². The third kappa shape index (κ3) is 5.66. The summed E-state index contributed by atoms with van der Waals surface area (Å²) in [6.45, 7) is 6.64. The summed E-state index contributed by atoms with van der Waals surface area (Å²) in [7, 11) is 0. The number of nitrogens with zero attached hydrogens (tertiary/aromatic N) is 1. The van der Waals surface area contributed by atoms with E-state index in [9.17, 15) is 4.79 Å². The Labute approximate surface area is 128 Å². The van der Waals surface area contributed by atoms with Crippen LogP contribution in [0.25, 0.3) is 0 Å². The summed E-state index contributed by atoms with van der Waals surface area (Å²) in [5, 5.41) is 15.6. The molecule has 0 bridgehead atoms. The molecule has 5 nitrogen and oxygen atoms in total. The Morgan fingerprint density at radius 3 is 2.71 bits per heavy atom. The van der Waals surface area contributed by atoms with Gasteiger partial charge in [-0.05, 0) is 32.2 Å². The van der Waals surface area contributed by atoms with E-state index >= 15 is 0 Å². The molecule has 5 heteroatoms. The molecule has 1 aliphatic heterocycles. The Balaban J connectivity index is 2.53. The molecule has 0 aromatic rings. The minimum Gasteiger partial charge on any atom is -0.395 e. The molecule has 1 saturated heterocycles. The zero-order valence-corrected chi connectivity index (χ0v) is 13.3. The first kappa shape index (κ1) is 18.0. The predicted octanol–water partition coefficient (Wildman–Crippen LogP) is 0.341. The second-order valence-corrected chi connectivity index (χ2v) is 5.73. The van der Waals surface area contributed by atoms with Crippen molar-refractivity contribution >= 4 is 5.91 Å². The number of nitrogens with one attached hydrogen (secondary N) is 2. The Morgan fingerprint density at radius 2 is 2.24 bits per heavy atom. The van der Waals surface area contributed by atoms with E-state index in [1.54, 1.807) is 0 Å². The molecule has 0 radical (unpaired) electrons. The van der Waals surface area contributed by atoms with Crippen LogP contribution in [0, 0.1) is 12.3 Å². The number of carbonyl (C=O) groups excluding carboxylic acids is 1. The minimum absolute atomic E-state index is 0.0574. The summed E-state index contributed by atoms with van der Waals surface area (Å²) in [6.07, 6.45) is 9.31. The fourth-order valence-electron chi connectivity index (χ4n) is 2.78. The van der Waals surface area contributed by atoms with Crippen LogP contribution < -0.4 is 10.6 Å². The summed E-state index contributed by atoms with van der Waals surface area (Å²) in [5.41, 5.74) is -0.548. The molecule has 1 rings (SSSR count). The average Bonchev–Trinajstić information content (AvgIpc) is 2.98. The van der Waals surface area contributed by atoms with Gasteiger partial charge in [0.05, 0.1) is 13.2 Å². The van der Waals surface area contributed by atoms with Crippen molar-refractivity contribution in [3.8, 4) is 12.3 Å². The van der Waals surface area contributed by atoms with Crippen molar-refractivity contribution < 1.29 is 9.90 Å². The van der Waals surface area contributed by atoms with E-state index in [-0.39, 0.29) is 19.1 Å². The van der Waals surface area contributed by atoms with Crippen LogP contribution in [0.2, 0.25) is 0 Å². The topological polar surface area (TPSA) is 64.6 Å². The SMILES string of the molecule is C#CC(CC)(CC)NC(=O)CN(CCO)CC1CCCN1.